The molecule has 0 radical (unpaired) electrons. The standard InChI is InChI=1S/C25H33N3O4S/c1-25(2,3)32-24(31)27-19-12-14-28(15-13-19)23(30)18-7-4-8-20(17-18)26-22(29)11-5-9-21-10-6-16-33-21/h4,6-8,10,16-17,19H,5,9,11-15H2,1-3H3,(H,26,29)(H,27,31). The Labute approximate surface area is 199 Å². The number of rotatable bonds is 7. The molecule has 2 N–H and O–H groups in total. The average Bonchev–Trinajstić information content (AvgIpc) is 3.26. The van der Waals surface area contributed by atoms with Crippen LogP contribution in [-0.2, 0) is 16.0 Å². The molecule has 0 aliphatic carbocycles. The van der Waals surface area contributed by atoms with Crippen LogP contribution in [-0.4, -0.2) is 47.5 Å². The quantitative estimate of drug-likeness (QED) is 0.605. The summed E-state index contributed by atoms with van der Waals surface area (Å²) < 4.78 is 5.31. The van der Waals surface area contributed by atoms with Gasteiger partial charge in [0.25, 0.3) is 5.91 Å². The third-order valence-electron chi connectivity index (χ3n) is 5.30. The molecule has 0 spiro atoms. The summed E-state index contributed by atoms with van der Waals surface area (Å²) >= 11 is 1.70. The van der Waals surface area contributed by atoms with Crippen molar-refractivity contribution in [2.24, 2.45) is 0 Å². The fourth-order valence-corrected chi connectivity index (χ4v) is 4.47. The van der Waals surface area contributed by atoms with Gasteiger partial charge < -0.3 is 20.3 Å². The lowest BCUT2D eigenvalue weighted by atomic mass is 10.0. The number of hydrogen-bond donors (Lipinski definition) is 2. The van der Waals surface area contributed by atoms with Crippen LogP contribution in [0, 0.1) is 0 Å². The zero-order valence-corrected chi connectivity index (χ0v) is 20.4. The maximum Gasteiger partial charge on any atom is 0.407 e. The molecule has 178 valence electrons. The van der Waals surface area contributed by atoms with Crippen LogP contribution in [0.15, 0.2) is 41.8 Å². The second-order valence-electron chi connectivity index (χ2n) is 9.27. The predicted molar refractivity (Wildman–Crippen MR) is 131 cm³/mol. The SMILES string of the molecule is CC(C)(C)OC(=O)NC1CCN(C(=O)c2cccc(NC(=O)CCCc3cccs3)c2)CC1. The molecule has 0 unspecified atom stereocenters. The largest absolute Gasteiger partial charge is 0.444 e. The monoisotopic (exact) mass is 471 g/mol. The Balaban J connectivity index is 1.45. The van der Waals surface area contributed by atoms with Crippen molar-refractivity contribution in [3.8, 4) is 0 Å². The lowest BCUT2D eigenvalue weighted by Crippen LogP contribution is -2.47. The molecule has 1 aromatic heterocycles. The number of nitrogens with zero attached hydrogens (tertiary/aromatic N) is 1. The molecule has 0 bridgehead atoms. The summed E-state index contributed by atoms with van der Waals surface area (Å²) in [5, 5.41) is 7.82. The fraction of sp³-hybridized carbons (Fsp3) is 0.480. The van der Waals surface area contributed by atoms with Gasteiger partial charge in [0.2, 0.25) is 5.91 Å². The smallest absolute Gasteiger partial charge is 0.407 e. The molecular formula is C25H33N3O4S. The van der Waals surface area contributed by atoms with E-state index in [4.69, 9.17) is 4.74 Å². The van der Waals surface area contributed by atoms with Crippen molar-refractivity contribution in [2.45, 2.75) is 64.5 Å². The Morgan fingerprint density at radius 2 is 1.88 bits per heavy atom. The molecule has 3 amide bonds. The highest BCUT2D eigenvalue weighted by molar-refractivity contribution is 7.09. The van der Waals surface area contributed by atoms with Crippen LogP contribution >= 0.6 is 11.3 Å². The zero-order valence-electron chi connectivity index (χ0n) is 19.6. The summed E-state index contributed by atoms with van der Waals surface area (Å²) in [5.41, 5.74) is 0.638. The topological polar surface area (TPSA) is 87.7 Å². The van der Waals surface area contributed by atoms with Crippen LogP contribution in [0.3, 0.4) is 0 Å². The number of nitrogens with one attached hydrogen (secondary N) is 2. The van der Waals surface area contributed by atoms with E-state index in [1.54, 1.807) is 40.5 Å². The number of aryl methyl sites for hydroxylation is 1. The van der Waals surface area contributed by atoms with E-state index >= 15 is 0 Å². The van der Waals surface area contributed by atoms with Crippen LogP contribution in [0.1, 0.15) is 61.7 Å². The van der Waals surface area contributed by atoms with Gasteiger partial charge in [-0.1, -0.05) is 12.1 Å². The second kappa shape index (κ2) is 11.3. The summed E-state index contributed by atoms with van der Waals surface area (Å²) in [6.07, 6.45) is 3.04. The Bertz CT molecular complexity index is 945. The maximum absolute atomic E-state index is 13.0. The van der Waals surface area contributed by atoms with E-state index in [0.29, 0.717) is 43.6 Å². The van der Waals surface area contributed by atoms with Gasteiger partial charge in [-0.15, -0.1) is 11.3 Å². The number of ether oxygens (including phenoxy) is 1. The average molecular weight is 472 g/mol. The van der Waals surface area contributed by atoms with Gasteiger partial charge in [0.05, 0.1) is 0 Å². The maximum atomic E-state index is 13.0. The Morgan fingerprint density at radius 3 is 2.55 bits per heavy atom. The first-order valence-corrected chi connectivity index (χ1v) is 12.3. The normalized spacial score (nSPS) is 14.6. The number of benzene rings is 1. The summed E-state index contributed by atoms with van der Waals surface area (Å²) in [5.74, 6) is -0.121. The molecule has 1 aliphatic heterocycles. The number of hydrogen-bond acceptors (Lipinski definition) is 5. The number of piperidine rings is 1. The predicted octanol–water partition coefficient (Wildman–Crippen LogP) is 4.84. The number of alkyl carbamates (subject to hydrolysis) is 1. The van der Waals surface area contributed by atoms with Crippen LogP contribution in [0.25, 0.3) is 0 Å². The van der Waals surface area contributed by atoms with Crippen molar-refractivity contribution in [1.29, 1.82) is 0 Å². The minimum atomic E-state index is -0.536. The van der Waals surface area contributed by atoms with Gasteiger partial charge in [-0.05, 0) is 76.1 Å². The number of thiophene rings is 1. The summed E-state index contributed by atoms with van der Waals surface area (Å²) in [4.78, 5) is 40.3. The highest BCUT2D eigenvalue weighted by Gasteiger charge is 2.26. The molecule has 0 saturated carbocycles. The Kier molecular flexibility index (Phi) is 8.49. The third-order valence-corrected chi connectivity index (χ3v) is 6.24. The van der Waals surface area contributed by atoms with Gasteiger partial charge in [-0.2, -0.15) is 0 Å². The van der Waals surface area contributed by atoms with Gasteiger partial charge in [0.1, 0.15) is 5.60 Å². The highest BCUT2D eigenvalue weighted by atomic mass is 32.1. The highest BCUT2D eigenvalue weighted by Crippen LogP contribution is 2.18. The van der Waals surface area contributed by atoms with Crippen molar-refractivity contribution in [2.75, 3.05) is 18.4 Å². The lowest BCUT2D eigenvalue weighted by molar-refractivity contribution is -0.116. The summed E-state index contributed by atoms with van der Waals surface area (Å²) in [6.45, 7) is 6.60. The van der Waals surface area contributed by atoms with Crippen molar-refractivity contribution >= 4 is 34.9 Å². The Morgan fingerprint density at radius 1 is 1.12 bits per heavy atom. The lowest BCUT2D eigenvalue weighted by Gasteiger charge is -2.33. The van der Waals surface area contributed by atoms with Gasteiger partial charge in [0.15, 0.2) is 0 Å². The first-order valence-electron chi connectivity index (χ1n) is 11.4. The molecule has 33 heavy (non-hydrogen) atoms. The molecule has 7 nitrogen and oxygen atoms in total. The van der Waals surface area contributed by atoms with Crippen molar-refractivity contribution in [3.63, 3.8) is 0 Å². The van der Waals surface area contributed by atoms with E-state index in [1.807, 2.05) is 32.2 Å². The van der Waals surface area contributed by atoms with Gasteiger partial charge in [-0.3, -0.25) is 9.59 Å². The van der Waals surface area contributed by atoms with E-state index in [-0.39, 0.29) is 17.9 Å². The second-order valence-corrected chi connectivity index (χ2v) is 10.3. The van der Waals surface area contributed by atoms with Crippen molar-refractivity contribution in [1.82, 2.24) is 10.2 Å². The van der Waals surface area contributed by atoms with Crippen LogP contribution < -0.4 is 10.6 Å². The molecule has 2 heterocycles. The molecule has 1 aromatic carbocycles. The molecule has 2 aromatic rings. The minimum absolute atomic E-state index is 0.0105. The van der Waals surface area contributed by atoms with E-state index < -0.39 is 11.7 Å². The molecular weight excluding hydrogens is 438 g/mol. The number of carbonyl (C=O) groups is 3. The Hall–Kier alpha value is -2.87. The first-order chi connectivity index (χ1) is 15.7. The summed E-state index contributed by atoms with van der Waals surface area (Å²) in [6, 6.07) is 11.2. The number of amides is 3. The van der Waals surface area contributed by atoms with Gasteiger partial charge in [0, 0.05) is 41.7 Å². The van der Waals surface area contributed by atoms with Crippen LogP contribution in [0.4, 0.5) is 10.5 Å². The molecule has 1 aliphatic rings. The minimum Gasteiger partial charge on any atom is -0.444 e. The van der Waals surface area contributed by atoms with E-state index in [2.05, 4.69) is 16.7 Å². The third kappa shape index (κ3) is 8.20. The van der Waals surface area contributed by atoms with E-state index in [1.165, 1.54) is 4.88 Å². The number of likely N-dealkylation sites (tertiary alicyclic amines) is 1. The molecule has 1 fully saturated rings. The van der Waals surface area contributed by atoms with Gasteiger partial charge >= 0.3 is 6.09 Å². The summed E-state index contributed by atoms with van der Waals surface area (Å²) in [7, 11) is 0. The molecule has 3 rings (SSSR count). The van der Waals surface area contributed by atoms with Crippen molar-refractivity contribution in [3.05, 3.63) is 52.2 Å². The van der Waals surface area contributed by atoms with E-state index in [9.17, 15) is 14.4 Å². The zero-order chi connectivity index (χ0) is 23.8. The van der Waals surface area contributed by atoms with Crippen LogP contribution in [0.2, 0.25) is 0 Å². The molecule has 0 atom stereocenters. The first kappa shape index (κ1) is 24.8. The van der Waals surface area contributed by atoms with E-state index in [0.717, 1.165) is 12.8 Å². The van der Waals surface area contributed by atoms with Gasteiger partial charge in [-0.25, -0.2) is 4.79 Å². The molecule has 8 heteroatoms. The number of anilines is 1. The van der Waals surface area contributed by atoms with Crippen molar-refractivity contribution < 1.29 is 19.1 Å². The number of carbonyl (C=O) groups excluding carboxylic acids is 3. The molecule has 1 saturated heterocycles. The fourth-order valence-electron chi connectivity index (χ4n) is 3.72. The van der Waals surface area contributed by atoms with Crippen LogP contribution in [0.5, 0.6) is 0 Å².